The summed E-state index contributed by atoms with van der Waals surface area (Å²) in [5.41, 5.74) is 5.51. The molecular weight excluding hydrogens is 116 g/mol. The Morgan fingerprint density at radius 2 is 2.33 bits per heavy atom. The largest absolute Gasteiger partial charge is 0.395 e. The minimum absolute atomic E-state index is 0.00269. The zero-order valence-electron chi connectivity index (χ0n) is 5.51. The molecule has 0 radical (unpaired) electrons. The van der Waals surface area contributed by atoms with Gasteiger partial charge in [-0.1, -0.05) is 0 Å². The number of hydrogen-bond acceptors (Lipinski definition) is 3. The maximum Gasteiger partial charge on any atom is 0.0582 e. The first-order chi connectivity index (χ1) is 4.33. The normalized spacial score (nSPS) is 23.3. The van der Waals surface area contributed by atoms with Gasteiger partial charge < -0.3 is 16.2 Å². The summed E-state index contributed by atoms with van der Waals surface area (Å²) in [6.45, 7) is 2.28. The second kappa shape index (κ2) is 3.15. The van der Waals surface area contributed by atoms with Crippen molar-refractivity contribution in [3.63, 3.8) is 0 Å². The zero-order valence-corrected chi connectivity index (χ0v) is 5.51. The van der Waals surface area contributed by atoms with Gasteiger partial charge in [0, 0.05) is 6.04 Å². The van der Waals surface area contributed by atoms with Gasteiger partial charge >= 0.3 is 0 Å². The molecule has 54 valence electrons. The fourth-order valence-electron chi connectivity index (χ4n) is 1.02. The number of rotatable bonds is 3. The van der Waals surface area contributed by atoms with Gasteiger partial charge in [-0.15, -0.1) is 0 Å². The van der Waals surface area contributed by atoms with Gasteiger partial charge in [0.05, 0.1) is 6.61 Å². The Hall–Kier alpha value is -0.120. The summed E-state index contributed by atoms with van der Waals surface area (Å²) in [7, 11) is 0. The van der Waals surface area contributed by atoms with E-state index in [0.29, 0.717) is 5.92 Å². The van der Waals surface area contributed by atoms with E-state index in [1.165, 1.54) is 0 Å². The molecule has 1 heterocycles. The molecule has 1 aliphatic heterocycles. The second-order valence-corrected chi connectivity index (χ2v) is 2.70. The average Bonchev–Trinajstić information content (AvgIpc) is 1.78. The highest BCUT2D eigenvalue weighted by Gasteiger charge is 2.18. The fourth-order valence-corrected chi connectivity index (χ4v) is 1.02. The fraction of sp³-hybridized carbons (Fsp3) is 1.00. The smallest absolute Gasteiger partial charge is 0.0582 e. The molecule has 1 unspecified atom stereocenters. The molecule has 3 heteroatoms. The third kappa shape index (κ3) is 1.93. The van der Waals surface area contributed by atoms with Gasteiger partial charge in [-0.2, -0.15) is 0 Å². The van der Waals surface area contributed by atoms with Crippen molar-refractivity contribution in [2.45, 2.75) is 12.5 Å². The van der Waals surface area contributed by atoms with Crippen LogP contribution in [0.3, 0.4) is 0 Å². The monoisotopic (exact) mass is 130 g/mol. The van der Waals surface area contributed by atoms with Crippen LogP contribution in [0.4, 0.5) is 0 Å². The van der Waals surface area contributed by atoms with Crippen molar-refractivity contribution in [1.29, 1.82) is 0 Å². The summed E-state index contributed by atoms with van der Waals surface area (Å²) in [4.78, 5) is 0. The van der Waals surface area contributed by atoms with Crippen molar-refractivity contribution < 1.29 is 5.11 Å². The van der Waals surface area contributed by atoms with Crippen LogP contribution in [-0.2, 0) is 0 Å². The SMILES string of the molecule is NC(CO)CC1CNC1. The molecule has 0 aliphatic carbocycles. The van der Waals surface area contributed by atoms with Gasteiger partial charge in [0.1, 0.15) is 0 Å². The predicted molar refractivity (Wildman–Crippen MR) is 36.0 cm³/mol. The molecule has 9 heavy (non-hydrogen) atoms. The minimum atomic E-state index is -0.00269. The lowest BCUT2D eigenvalue weighted by Gasteiger charge is -2.28. The molecule has 1 fully saturated rings. The van der Waals surface area contributed by atoms with Crippen LogP contribution in [-0.4, -0.2) is 30.8 Å². The summed E-state index contributed by atoms with van der Waals surface area (Å²) >= 11 is 0. The van der Waals surface area contributed by atoms with Crippen LogP contribution < -0.4 is 11.1 Å². The van der Waals surface area contributed by atoms with Crippen LogP contribution in [0.1, 0.15) is 6.42 Å². The van der Waals surface area contributed by atoms with E-state index in [0.717, 1.165) is 19.5 Å². The lowest BCUT2D eigenvalue weighted by atomic mass is 9.95. The first-order valence-corrected chi connectivity index (χ1v) is 3.40. The third-order valence-corrected chi connectivity index (χ3v) is 1.74. The highest BCUT2D eigenvalue weighted by atomic mass is 16.3. The van der Waals surface area contributed by atoms with Crippen molar-refractivity contribution in [3.05, 3.63) is 0 Å². The lowest BCUT2D eigenvalue weighted by Crippen LogP contribution is -2.45. The van der Waals surface area contributed by atoms with Crippen LogP contribution >= 0.6 is 0 Å². The van der Waals surface area contributed by atoms with E-state index >= 15 is 0 Å². The lowest BCUT2D eigenvalue weighted by molar-refractivity contribution is 0.222. The predicted octanol–water partition coefficient (Wildman–Crippen LogP) is -1.08. The molecule has 1 atom stereocenters. The van der Waals surface area contributed by atoms with E-state index in [4.69, 9.17) is 10.8 Å². The summed E-state index contributed by atoms with van der Waals surface area (Å²) in [6, 6.07) is -0.00269. The molecule has 0 bridgehead atoms. The molecule has 0 amide bonds. The summed E-state index contributed by atoms with van der Waals surface area (Å²) in [6.07, 6.45) is 0.962. The molecule has 3 nitrogen and oxygen atoms in total. The topological polar surface area (TPSA) is 58.3 Å². The Labute approximate surface area is 55.2 Å². The van der Waals surface area contributed by atoms with Crippen LogP contribution in [0.5, 0.6) is 0 Å². The Kier molecular flexibility index (Phi) is 2.45. The van der Waals surface area contributed by atoms with Gasteiger partial charge in [0.2, 0.25) is 0 Å². The van der Waals surface area contributed by atoms with E-state index in [-0.39, 0.29) is 12.6 Å². The Balaban J connectivity index is 2.01. The van der Waals surface area contributed by atoms with Gasteiger partial charge in [-0.25, -0.2) is 0 Å². The third-order valence-electron chi connectivity index (χ3n) is 1.74. The number of nitrogens with one attached hydrogen (secondary N) is 1. The van der Waals surface area contributed by atoms with Crippen LogP contribution in [0.25, 0.3) is 0 Å². The van der Waals surface area contributed by atoms with Gasteiger partial charge in [0.15, 0.2) is 0 Å². The Morgan fingerprint density at radius 1 is 1.67 bits per heavy atom. The number of hydrogen-bond donors (Lipinski definition) is 3. The molecule has 4 N–H and O–H groups in total. The average molecular weight is 130 g/mol. The second-order valence-electron chi connectivity index (χ2n) is 2.70. The van der Waals surface area contributed by atoms with Crippen molar-refractivity contribution in [1.82, 2.24) is 5.32 Å². The van der Waals surface area contributed by atoms with E-state index in [2.05, 4.69) is 5.32 Å². The summed E-state index contributed by atoms with van der Waals surface area (Å²) < 4.78 is 0. The molecule has 0 saturated carbocycles. The standard InChI is InChI=1S/C6H14N2O/c7-6(4-9)1-5-2-8-3-5/h5-6,8-9H,1-4,7H2. The first-order valence-electron chi connectivity index (χ1n) is 3.40. The van der Waals surface area contributed by atoms with Crippen molar-refractivity contribution in [2.24, 2.45) is 11.7 Å². The maximum absolute atomic E-state index is 8.56. The van der Waals surface area contributed by atoms with E-state index in [1.54, 1.807) is 0 Å². The van der Waals surface area contributed by atoms with Crippen molar-refractivity contribution in [3.8, 4) is 0 Å². The molecule has 0 aromatic rings. The van der Waals surface area contributed by atoms with Gasteiger partial charge in [0.25, 0.3) is 0 Å². The highest BCUT2D eigenvalue weighted by Crippen LogP contribution is 2.09. The molecule has 1 saturated heterocycles. The van der Waals surface area contributed by atoms with E-state index < -0.39 is 0 Å². The molecular formula is C6H14N2O. The summed E-state index contributed by atoms with van der Waals surface area (Å²) in [5, 5.41) is 11.7. The molecule has 0 aromatic heterocycles. The molecule has 0 spiro atoms. The first kappa shape index (κ1) is 6.99. The van der Waals surface area contributed by atoms with E-state index in [9.17, 15) is 0 Å². The summed E-state index contributed by atoms with van der Waals surface area (Å²) in [5.74, 6) is 0.715. The van der Waals surface area contributed by atoms with Gasteiger partial charge in [-0.05, 0) is 25.4 Å². The number of aliphatic hydroxyl groups is 1. The Bertz CT molecular complexity index is 80.4. The van der Waals surface area contributed by atoms with E-state index in [1.807, 2.05) is 0 Å². The molecule has 0 aromatic carbocycles. The Morgan fingerprint density at radius 3 is 2.67 bits per heavy atom. The van der Waals surface area contributed by atoms with Crippen molar-refractivity contribution >= 4 is 0 Å². The molecule has 1 aliphatic rings. The molecule has 1 rings (SSSR count). The number of aliphatic hydroxyl groups excluding tert-OH is 1. The zero-order chi connectivity index (χ0) is 6.69. The van der Waals surface area contributed by atoms with Gasteiger partial charge in [-0.3, -0.25) is 0 Å². The minimum Gasteiger partial charge on any atom is -0.395 e. The van der Waals surface area contributed by atoms with Crippen LogP contribution in [0.15, 0.2) is 0 Å². The van der Waals surface area contributed by atoms with Crippen molar-refractivity contribution in [2.75, 3.05) is 19.7 Å². The maximum atomic E-state index is 8.56. The highest BCUT2D eigenvalue weighted by molar-refractivity contribution is 4.78. The number of nitrogens with two attached hydrogens (primary N) is 1. The van der Waals surface area contributed by atoms with Crippen LogP contribution in [0.2, 0.25) is 0 Å². The quantitative estimate of drug-likeness (QED) is 0.455. The van der Waals surface area contributed by atoms with Crippen LogP contribution in [0, 0.1) is 5.92 Å².